The molecule has 0 aliphatic heterocycles. The molecule has 21 heavy (non-hydrogen) atoms. The normalized spacial score (nSPS) is 22.2. The molecule has 1 saturated carbocycles. The summed E-state index contributed by atoms with van der Waals surface area (Å²) >= 11 is 6.14. The number of carbonyl (C=O) groups excluding carboxylic acids is 1. The number of rotatable bonds is 2. The van der Waals surface area contributed by atoms with Crippen molar-refractivity contribution in [3.63, 3.8) is 0 Å². The van der Waals surface area contributed by atoms with Crippen LogP contribution in [0.3, 0.4) is 0 Å². The fourth-order valence-electron chi connectivity index (χ4n) is 2.96. The molecule has 3 N–H and O–H groups in total. The monoisotopic (exact) mass is 303 g/mol. The fourth-order valence-corrected chi connectivity index (χ4v) is 3.17. The van der Waals surface area contributed by atoms with Crippen LogP contribution in [0, 0.1) is 5.92 Å². The van der Waals surface area contributed by atoms with Gasteiger partial charge in [0.2, 0.25) is 5.91 Å². The third kappa shape index (κ3) is 2.87. The number of pyridine rings is 1. The summed E-state index contributed by atoms with van der Waals surface area (Å²) in [7, 11) is 0. The average Bonchev–Trinajstić information content (AvgIpc) is 2.51. The Balaban J connectivity index is 1.88. The Hall–Kier alpha value is -1.65. The summed E-state index contributed by atoms with van der Waals surface area (Å²) in [5.41, 5.74) is 7.52. The van der Waals surface area contributed by atoms with Gasteiger partial charge in [0.1, 0.15) is 0 Å². The molecule has 1 aliphatic rings. The number of carbonyl (C=O) groups is 1. The van der Waals surface area contributed by atoms with Gasteiger partial charge in [-0.05, 0) is 37.1 Å². The fraction of sp³-hybridized carbons (Fsp3) is 0.375. The number of anilines is 1. The molecule has 1 aliphatic carbocycles. The van der Waals surface area contributed by atoms with Crippen LogP contribution in [0.5, 0.6) is 0 Å². The Kier molecular flexibility index (Phi) is 4.08. The topological polar surface area (TPSA) is 68.0 Å². The molecule has 2 atom stereocenters. The van der Waals surface area contributed by atoms with Crippen molar-refractivity contribution in [2.45, 2.75) is 31.7 Å². The molecule has 5 heteroatoms. The van der Waals surface area contributed by atoms with E-state index < -0.39 is 0 Å². The smallest absolute Gasteiger partial charge is 0.229 e. The van der Waals surface area contributed by atoms with E-state index in [1.807, 2.05) is 18.2 Å². The molecular formula is C16H18ClN3O. The summed E-state index contributed by atoms with van der Waals surface area (Å²) < 4.78 is 0. The van der Waals surface area contributed by atoms with Crippen LogP contribution in [-0.4, -0.2) is 16.9 Å². The second kappa shape index (κ2) is 6.00. The summed E-state index contributed by atoms with van der Waals surface area (Å²) in [6.45, 7) is 0. The second-order valence-electron chi connectivity index (χ2n) is 5.54. The van der Waals surface area contributed by atoms with Crippen molar-refractivity contribution in [1.82, 2.24) is 4.98 Å². The number of nitrogens with zero attached hydrogens (tertiary/aromatic N) is 1. The van der Waals surface area contributed by atoms with E-state index in [9.17, 15) is 4.79 Å². The van der Waals surface area contributed by atoms with Gasteiger partial charge >= 0.3 is 0 Å². The number of fused-ring (bicyclic) bond motifs is 1. The van der Waals surface area contributed by atoms with Gasteiger partial charge in [0, 0.05) is 17.6 Å². The highest BCUT2D eigenvalue weighted by molar-refractivity contribution is 6.35. The number of nitrogens with one attached hydrogen (secondary N) is 1. The Labute approximate surface area is 128 Å². The number of nitrogens with two attached hydrogens (primary N) is 1. The number of halogens is 1. The molecule has 0 radical (unpaired) electrons. The van der Waals surface area contributed by atoms with Gasteiger partial charge in [0.05, 0.1) is 22.1 Å². The number of hydrogen-bond acceptors (Lipinski definition) is 3. The molecule has 1 fully saturated rings. The number of aromatic nitrogens is 1. The molecule has 2 unspecified atom stereocenters. The summed E-state index contributed by atoms with van der Waals surface area (Å²) in [5.74, 6) is -0.115. The van der Waals surface area contributed by atoms with E-state index in [2.05, 4.69) is 10.3 Å². The Bertz CT molecular complexity index is 674. The van der Waals surface area contributed by atoms with Gasteiger partial charge in [-0.1, -0.05) is 24.4 Å². The van der Waals surface area contributed by atoms with Crippen LogP contribution < -0.4 is 11.1 Å². The van der Waals surface area contributed by atoms with Gasteiger partial charge in [0.25, 0.3) is 0 Å². The first-order valence-electron chi connectivity index (χ1n) is 7.26. The van der Waals surface area contributed by atoms with Gasteiger partial charge in [-0.15, -0.1) is 0 Å². The Morgan fingerprint density at radius 3 is 2.90 bits per heavy atom. The molecule has 3 rings (SSSR count). The Morgan fingerprint density at radius 1 is 1.29 bits per heavy atom. The first-order chi connectivity index (χ1) is 10.2. The molecule has 110 valence electrons. The molecule has 2 aromatic rings. The van der Waals surface area contributed by atoms with Gasteiger partial charge in [-0.25, -0.2) is 0 Å². The number of benzene rings is 1. The standard InChI is InChI=1S/C16H18ClN3O/c17-12-7-8-14(11-5-3-9-19-15(11)12)20-16(21)10-4-1-2-6-13(10)18/h3,5,7-10,13H,1-2,4,6,18H2,(H,20,21). The van der Waals surface area contributed by atoms with E-state index in [0.29, 0.717) is 10.5 Å². The average molecular weight is 304 g/mol. The summed E-state index contributed by atoms with van der Waals surface area (Å²) in [4.78, 5) is 16.7. The van der Waals surface area contributed by atoms with E-state index in [-0.39, 0.29) is 17.9 Å². The maximum absolute atomic E-state index is 12.5. The van der Waals surface area contributed by atoms with Crippen LogP contribution in [-0.2, 0) is 4.79 Å². The molecule has 1 aromatic heterocycles. The predicted octanol–water partition coefficient (Wildman–Crippen LogP) is 3.34. The van der Waals surface area contributed by atoms with Crippen molar-refractivity contribution in [3.8, 4) is 0 Å². The van der Waals surface area contributed by atoms with Gasteiger partial charge in [0.15, 0.2) is 0 Å². The molecule has 4 nitrogen and oxygen atoms in total. The summed E-state index contributed by atoms with van der Waals surface area (Å²) in [6, 6.07) is 7.27. The van der Waals surface area contributed by atoms with Crippen molar-refractivity contribution < 1.29 is 4.79 Å². The zero-order valence-electron chi connectivity index (χ0n) is 11.7. The highest BCUT2D eigenvalue weighted by Crippen LogP contribution is 2.30. The lowest BCUT2D eigenvalue weighted by Crippen LogP contribution is -2.40. The van der Waals surface area contributed by atoms with E-state index in [0.717, 1.165) is 36.8 Å². The SMILES string of the molecule is NC1CCCCC1C(=O)Nc1ccc(Cl)c2ncccc12. The highest BCUT2D eigenvalue weighted by Gasteiger charge is 2.28. The largest absolute Gasteiger partial charge is 0.327 e. The lowest BCUT2D eigenvalue weighted by atomic mass is 9.84. The van der Waals surface area contributed by atoms with Crippen molar-refractivity contribution in [1.29, 1.82) is 0 Å². The summed E-state index contributed by atoms with van der Waals surface area (Å²) in [6.07, 6.45) is 5.64. The van der Waals surface area contributed by atoms with Crippen LogP contribution in [0.2, 0.25) is 5.02 Å². The zero-order valence-corrected chi connectivity index (χ0v) is 12.4. The third-order valence-electron chi connectivity index (χ3n) is 4.13. The quantitative estimate of drug-likeness (QED) is 0.894. The number of hydrogen-bond donors (Lipinski definition) is 2. The van der Waals surface area contributed by atoms with Gasteiger partial charge in [-0.3, -0.25) is 9.78 Å². The summed E-state index contributed by atoms with van der Waals surface area (Å²) in [5, 5.41) is 4.43. The maximum Gasteiger partial charge on any atom is 0.229 e. The highest BCUT2D eigenvalue weighted by atomic mass is 35.5. The third-order valence-corrected chi connectivity index (χ3v) is 4.44. The lowest BCUT2D eigenvalue weighted by molar-refractivity contribution is -0.121. The molecule has 0 bridgehead atoms. The lowest BCUT2D eigenvalue weighted by Gasteiger charge is -2.27. The molecular weight excluding hydrogens is 286 g/mol. The van der Waals surface area contributed by atoms with Gasteiger partial charge in [-0.2, -0.15) is 0 Å². The van der Waals surface area contributed by atoms with Crippen LogP contribution in [0.4, 0.5) is 5.69 Å². The van der Waals surface area contributed by atoms with Crippen LogP contribution in [0.15, 0.2) is 30.5 Å². The van der Waals surface area contributed by atoms with E-state index >= 15 is 0 Å². The van der Waals surface area contributed by atoms with Crippen molar-refractivity contribution >= 4 is 34.1 Å². The van der Waals surface area contributed by atoms with Crippen LogP contribution in [0.1, 0.15) is 25.7 Å². The van der Waals surface area contributed by atoms with Crippen molar-refractivity contribution in [2.24, 2.45) is 11.7 Å². The van der Waals surface area contributed by atoms with Gasteiger partial charge < -0.3 is 11.1 Å². The van der Waals surface area contributed by atoms with E-state index in [4.69, 9.17) is 17.3 Å². The van der Waals surface area contributed by atoms with E-state index in [1.165, 1.54) is 0 Å². The first kappa shape index (κ1) is 14.3. The van der Waals surface area contributed by atoms with Crippen LogP contribution in [0.25, 0.3) is 10.9 Å². The minimum Gasteiger partial charge on any atom is -0.327 e. The molecule has 1 aromatic carbocycles. The number of amides is 1. The zero-order chi connectivity index (χ0) is 14.8. The molecule has 1 heterocycles. The predicted molar refractivity (Wildman–Crippen MR) is 85.3 cm³/mol. The maximum atomic E-state index is 12.5. The van der Waals surface area contributed by atoms with Crippen LogP contribution >= 0.6 is 11.6 Å². The first-order valence-corrected chi connectivity index (χ1v) is 7.64. The minimum atomic E-state index is -0.110. The van der Waals surface area contributed by atoms with Crippen molar-refractivity contribution in [2.75, 3.05) is 5.32 Å². The molecule has 0 spiro atoms. The molecule has 0 saturated heterocycles. The minimum absolute atomic E-state index is 0.00493. The Morgan fingerprint density at radius 2 is 2.10 bits per heavy atom. The second-order valence-corrected chi connectivity index (χ2v) is 5.95. The van der Waals surface area contributed by atoms with Crippen molar-refractivity contribution in [3.05, 3.63) is 35.5 Å². The van der Waals surface area contributed by atoms with E-state index in [1.54, 1.807) is 12.3 Å². The molecule has 1 amide bonds.